The van der Waals surface area contributed by atoms with Crippen molar-refractivity contribution in [1.82, 2.24) is 0 Å². The normalized spacial score (nSPS) is 18.6. The van der Waals surface area contributed by atoms with E-state index in [0.29, 0.717) is 12.8 Å². The van der Waals surface area contributed by atoms with Crippen molar-refractivity contribution in [3.05, 3.63) is 29.3 Å². The van der Waals surface area contributed by atoms with Crippen molar-refractivity contribution < 1.29 is 22.7 Å². The average molecular weight is 297 g/mol. The van der Waals surface area contributed by atoms with Crippen molar-refractivity contribution in [1.29, 1.82) is 5.26 Å². The van der Waals surface area contributed by atoms with E-state index >= 15 is 0 Å². The zero-order chi connectivity index (χ0) is 15.5. The summed E-state index contributed by atoms with van der Waals surface area (Å²) in [5, 5.41) is 8.67. The Kier molecular flexibility index (Phi) is 4.51. The van der Waals surface area contributed by atoms with Crippen LogP contribution in [-0.2, 0) is 11.0 Å². The van der Waals surface area contributed by atoms with E-state index < -0.39 is 11.7 Å². The van der Waals surface area contributed by atoms with Gasteiger partial charge >= 0.3 is 6.18 Å². The lowest BCUT2D eigenvalue weighted by molar-refractivity contribution is -0.139. The highest BCUT2D eigenvalue weighted by atomic mass is 19.4. The fourth-order valence-electron chi connectivity index (χ4n) is 2.45. The van der Waals surface area contributed by atoms with Crippen molar-refractivity contribution in [3.63, 3.8) is 0 Å². The number of nitriles is 1. The summed E-state index contributed by atoms with van der Waals surface area (Å²) in [5.74, 6) is -0.237. The van der Waals surface area contributed by atoms with Crippen molar-refractivity contribution in [3.8, 4) is 11.8 Å². The summed E-state index contributed by atoms with van der Waals surface area (Å²) in [5.41, 5.74) is -1.03. The van der Waals surface area contributed by atoms with Gasteiger partial charge in [0, 0.05) is 12.3 Å². The van der Waals surface area contributed by atoms with Crippen molar-refractivity contribution in [2.24, 2.45) is 5.92 Å². The van der Waals surface area contributed by atoms with Gasteiger partial charge in [-0.05, 0) is 37.5 Å². The van der Waals surface area contributed by atoms with Gasteiger partial charge in [-0.2, -0.15) is 18.4 Å². The summed E-state index contributed by atoms with van der Waals surface area (Å²) in [4.78, 5) is 11.5. The standard InChI is InChI=1S/C15H14F3NO2/c16-15(17,18)12-8-10(9-19)4-5-14(12)21-7-6-11-2-1-3-13(11)20/h4-5,8,11H,1-3,6-7H2. The summed E-state index contributed by atoms with van der Waals surface area (Å²) in [6, 6.07) is 4.88. The van der Waals surface area contributed by atoms with E-state index in [9.17, 15) is 18.0 Å². The van der Waals surface area contributed by atoms with Crippen LogP contribution in [0.25, 0.3) is 0 Å². The molecule has 1 unspecified atom stereocenters. The Morgan fingerprint density at radius 2 is 2.14 bits per heavy atom. The van der Waals surface area contributed by atoms with Gasteiger partial charge < -0.3 is 4.74 Å². The first-order chi connectivity index (χ1) is 9.91. The highest BCUT2D eigenvalue weighted by molar-refractivity contribution is 5.82. The smallest absolute Gasteiger partial charge is 0.420 e. The number of ketones is 1. The lowest BCUT2D eigenvalue weighted by atomic mass is 10.0. The monoisotopic (exact) mass is 297 g/mol. The van der Waals surface area contributed by atoms with E-state index in [1.807, 2.05) is 0 Å². The minimum Gasteiger partial charge on any atom is -0.493 e. The maximum atomic E-state index is 12.9. The van der Waals surface area contributed by atoms with E-state index in [-0.39, 0.29) is 29.6 Å². The van der Waals surface area contributed by atoms with Crippen LogP contribution in [0.4, 0.5) is 13.2 Å². The number of benzene rings is 1. The molecule has 112 valence electrons. The Morgan fingerprint density at radius 3 is 2.71 bits per heavy atom. The third kappa shape index (κ3) is 3.75. The van der Waals surface area contributed by atoms with Gasteiger partial charge in [-0.15, -0.1) is 0 Å². The number of hydrogen-bond acceptors (Lipinski definition) is 3. The number of carbonyl (C=O) groups is 1. The van der Waals surface area contributed by atoms with E-state index in [1.54, 1.807) is 6.07 Å². The molecular formula is C15H14F3NO2. The number of rotatable bonds is 4. The quantitative estimate of drug-likeness (QED) is 0.851. The van der Waals surface area contributed by atoms with Crippen LogP contribution in [0.15, 0.2) is 18.2 Å². The highest BCUT2D eigenvalue weighted by Gasteiger charge is 2.35. The molecule has 1 aliphatic carbocycles. The molecule has 0 N–H and O–H groups in total. The molecule has 2 rings (SSSR count). The number of nitrogens with zero attached hydrogens (tertiary/aromatic N) is 1. The minimum absolute atomic E-state index is 0.0609. The number of ether oxygens (including phenoxy) is 1. The molecule has 0 heterocycles. The lowest BCUT2D eigenvalue weighted by Gasteiger charge is -2.15. The van der Waals surface area contributed by atoms with Gasteiger partial charge in [0.15, 0.2) is 0 Å². The van der Waals surface area contributed by atoms with Crippen LogP contribution in [0.5, 0.6) is 5.75 Å². The van der Waals surface area contributed by atoms with Crippen LogP contribution in [-0.4, -0.2) is 12.4 Å². The zero-order valence-corrected chi connectivity index (χ0v) is 11.2. The molecule has 0 aliphatic heterocycles. The number of carbonyl (C=O) groups excluding carboxylic acids is 1. The average Bonchev–Trinajstić information content (AvgIpc) is 2.83. The van der Waals surface area contributed by atoms with Gasteiger partial charge in [0.1, 0.15) is 11.5 Å². The highest BCUT2D eigenvalue weighted by Crippen LogP contribution is 2.37. The van der Waals surface area contributed by atoms with Gasteiger partial charge in [0.05, 0.1) is 23.8 Å². The van der Waals surface area contributed by atoms with E-state index in [4.69, 9.17) is 10.00 Å². The second-order valence-electron chi connectivity index (χ2n) is 5.01. The van der Waals surface area contributed by atoms with Crippen molar-refractivity contribution >= 4 is 5.78 Å². The number of hydrogen-bond donors (Lipinski definition) is 0. The maximum absolute atomic E-state index is 12.9. The van der Waals surface area contributed by atoms with Gasteiger partial charge in [-0.3, -0.25) is 4.79 Å². The van der Waals surface area contributed by atoms with Gasteiger partial charge in [-0.25, -0.2) is 0 Å². The second kappa shape index (κ2) is 6.17. The Bertz CT molecular complexity index is 575. The SMILES string of the molecule is N#Cc1ccc(OCCC2CCCC2=O)c(C(F)(F)F)c1. The largest absolute Gasteiger partial charge is 0.493 e. The van der Waals surface area contributed by atoms with E-state index in [1.165, 1.54) is 6.07 Å². The van der Waals surface area contributed by atoms with E-state index in [0.717, 1.165) is 25.0 Å². The molecule has 1 saturated carbocycles. The molecule has 6 heteroatoms. The Balaban J connectivity index is 2.05. The minimum atomic E-state index is -4.58. The number of alkyl halides is 3. The first-order valence-electron chi connectivity index (χ1n) is 6.68. The zero-order valence-electron chi connectivity index (χ0n) is 11.2. The molecule has 0 bridgehead atoms. The van der Waals surface area contributed by atoms with Crippen LogP contribution in [0.1, 0.15) is 36.8 Å². The summed E-state index contributed by atoms with van der Waals surface area (Å²) in [6.07, 6.45) is -1.98. The predicted molar refractivity (Wildman–Crippen MR) is 68.6 cm³/mol. The Hall–Kier alpha value is -2.03. The molecule has 1 fully saturated rings. The lowest BCUT2D eigenvalue weighted by Crippen LogP contribution is -2.13. The number of Topliss-reactive ketones (excluding diaryl/α,β-unsaturated/α-hetero) is 1. The molecule has 0 radical (unpaired) electrons. The first-order valence-corrected chi connectivity index (χ1v) is 6.68. The summed E-state index contributed by atoms with van der Waals surface area (Å²) >= 11 is 0. The van der Waals surface area contributed by atoms with Crippen molar-refractivity contribution in [2.45, 2.75) is 31.9 Å². The summed E-state index contributed by atoms with van der Waals surface area (Å²) in [6.45, 7) is 0.0609. The van der Waals surface area contributed by atoms with Crippen LogP contribution in [0.2, 0.25) is 0 Å². The fraction of sp³-hybridized carbons (Fsp3) is 0.467. The second-order valence-corrected chi connectivity index (χ2v) is 5.01. The van der Waals surface area contributed by atoms with Gasteiger partial charge in [0.2, 0.25) is 0 Å². The van der Waals surface area contributed by atoms with Gasteiger partial charge in [-0.1, -0.05) is 0 Å². The van der Waals surface area contributed by atoms with Crippen molar-refractivity contribution in [2.75, 3.05) is 6.61 Å². The molecule has 1 aromatic carbocycles. The topological polar surface area (TPSA) is 50.1 Å². The molecule has 21 heavy (non-hydrogen) atoms. The van der Waals surface area contributed by atoms with Crippen LogP contribution in [0, 0.1) is 17.2 Å². The van der Waals surface area contributed by atoms with Crippen LogP contribution in [0.3, 0.4) is 0 Å². The molecule has 0 spiro atoms. The number of halogens is 3. The molecule has 0 saturated heterocycles. The molecule has 1 atom stereocenters. The molecule has 0 aromatic heterocycles. The Labute approximate surface area is 120 Å². The molecule has 3 nitrogen and oxygen atoms in total. The molecule has 0 amide bonds. The summed E-state index contributed by atoms with van der Waals surface area (Å²) < 4.78 is 43.9. The fourth-order valence-corrected chi connectivity index (χ4v) is 2.45. The predicted octanol–water partition coefficient (Wildman–Crippen LogP) is 3.72. The third-order valence-corrected chi connectivity index (χ3v) is 3.57. The molecule has 1 aliphatic rings. The summed E-state index contributed by atoms with van der Waals surface area (Å²) in [7, 11) is 0. The molecule has 1 aromatic rings. The van der Waals surface area contributed by atoms with Crippen LogP contribution >= 0.6 is 0 Å². The third-order valence-electron chi connectivity index (χ3n) is 3.57. The van der Waals surface area contributed by atoms with Crippen LogP contribution < -0.4 is 4.74 Å². The Morgan fingerprint density at radius 1 is 1.38 bits per heavy atom. The first kappa shape index (κ1) is 15.4. The van der Waals surface area contributed by atoms with Gasteiger partial charge in [0.25, 0.3) is 0 Å². The maximum Gasteiger partial charge on any atom is 0.420 e. The molecular weight excluding hydrogens is 283 g/mol. The van der Waals surface area contributed by atoms with E-state index in [2.05, 4.69) is 0 Å².